The summed E-state index contributed by atoms with van der Waals surface area (Å²) in [6, 6.07) is 0. The van der Waals surface area contributed by atoms with E-state index in [4.69, 9.17) is 14.2 Å². The zero-order valence-electron chi connectivity index (χ0n) is 12.1. The summed E-state index contributed by atoms with van der Waals surface area (Å²) < 4.78 is 20.2. The third kappa shape index (κ3) is 6.23. The standard InChI is InChI=1S/C14H24O6/c1-2-3-9-18-13(16)19-10-14(20-12-17-11-15)7-5-4-6-8-14/h11H,2-10,12H2,1H3. The maximum Gasteiger partial charge on any atom is 0.508 e. The third-order valence-corrected chi connectivity index (χ3v) is 3.44. The number of carbonyl (C=O) groups is 2. The quantitative estimate of drug-likeness (QED) is 0.281. The second-order valence-corrected chi connectivity index (χ2v) is 5.01. The van der Waals surface area contributed by atoms with Crippen LogP contribution in [0.15, 0.2) is 0 Å². The Kier molecular flexibility index (Phi) is 8.02. The van der Waals surface area contributed by atoms with Crippen molar-refractivity contribution < 1.29 is 28.5 Å². The van der Waals surface area contributed by atoms with Gasteiger partial charge in [-0.15, -0.1) is 0 Å². The van der Waals surface area contributed by atoms with Crippen molar-refractivity contribution in [2.75, 3.05) is 20.0 Å². The van der Waals surface area contributed by atoms with Gasteiger partial charge in [0.15, 0.2) is 6.79 Å². The van der Waals surface area contributed by atoms with Crippen molar-refractivity contribution >= 4 is 12.6 Å². The molecule has 20 heavy (non-hydrogen) atoms. The lowest BCUT2D eigenvalue weighted by Gasteiger charge is -2.35. The van der Waals surface area contributed by atoms with Crippen LogP contribution in [0.25, 0.3) is 0 Å². The van der Waals surface area contributed by atoms with Crippen molar-refractivity contribution in [3.8, 4) is 0 Å². The Morgan fingerprint density at radius 2 is 1.95 bits per heavy atom. The highest BCUT2D eigenvalue weighted by Crippen LogP contribution is 2.32. The molecule has 0 N–H and O–H groups in total. The molecule has 0 heterocycles. The molecule has 0 spiro atoms. The van der Waals surface area contributed by atoms with Crippen LogP contribution in [0.2, 0.25) is 0 Å². The molecular formula is C14H24O6. The number of hydrogen-bond donors (Lipinski definition) is 0. The van der Waals surface area contributed by atoms with Gasteiger partial charge in [0.05, 0.1) is 6.61 Å². The van der Waals surface area contributed by atoms with Crippen molar-refractivity contribution in [2.24, 2.45) is 0 Å². The van der Waals surface area contributed by atoms with Crippen LogP contribution in [0.4, 0.5) is 4.79 Å². The van der Waals surface area contributed by atoms with Gasteiger partial charge in [0.2, 0.25) is 0 Å². The fraction of sp³-hybridized carbons (Fsp3) is 0.857. The molecular weight excluding hydrogens is 264 g/mol. The molecule has 1 rings (SSSR count). The molecule has 0 aromatic rings. The maximum atomic E-state index is 11.4. The average molecular weight is 288 g/mol. The summed E-state index contributed by atoms with van der Waals surface area (Å²) in [5.41, 5.74) is -0.551. The predicted molar refractivity (Wildman–Crippen MR) is 71.1 cm³/mol. The van der Waals surface area contributed by atoms with Crippen molar-refractivity contribution in [3.63, 3.8) is 0 Å². The molecule has 6 heteroatoms. The Morgan fingerprint density at radius 1 is 1.20 bits per heavy atom. The summed E-state index contributed by atoms with van der Waals surface area (Å²) in [4.78, 5) is 21.6. The van der Waals surface area contributed by atoms with Crippen LogP contribution in [0.3, 0.4) is 0 Å². The Balaban J connectivity index is 2.35. The smallest absolute Gasteiger partial charge is 0.441 e. The highest BCUT2D eigenvalue weighted by atomic mass is 16.7. The number of rotatable bonds is 9. The van der Waals surface area contributed by atoms with E-state index in [1.165, 1.54) is 0 Å². The van der Waals surface area contributed by atoms with Crippen LogP contribution < -0.4 is 0 Å². The first-order chi connectivity index (χ1) is 9.72. The number of unbranched alkanes of at least 4 members (excludes halogenated alkanes) is 1. The first kappa shape index (κ1) is 16.8. The van der Waals surface area contributed by atoms with Crippen LogP contribution in [-0.2, 0) is 23.7 Å². The summed E-state index contributed by atoms with van der Waals surface area (Å²) in [7, 11) is 0. The van der Waals surface area contributed by atoms with Crippen LogP contribution >= 0.6 is 0 Å². The molecule has 1 fully saturated rings. The van der Waals surface area contributed by atoms with Gasteiger partial charge in [-0.3, -0.25) is 4.79 Å². The van der Waals surface area contributed by atoms with E-state index < -0.39 is 11.8 Å². The molecule has 0 amide bonds. The Morgan fingerprint density at radius 3 is 2.60 bits per heavy atom. The second-order valence-electron chi connectivity index (χ2n) is 5.01. The van der Waals surface area contributed by atoms with Gasteiger partial charge in [0, 0.05) is 0 Å². The van der Waals surface area contributed by atoms with E-state index in [2.05, 4.69) is 4.74 Å². The molecule has 0 atom stereocenters. The number of hydrogen-bond acceptors (Lipinski definition) is 6. The Bertz CT molecular complexity index is 285. The fourth-order valence-corrected chi connectivity index (χ4v) is 2.25. The molecule has 0 aliphatic heterocycles. The van der Waals surface area contributed by atoms with Gasteiger partial charge in [-0.05, 0) is 19.3 Å². The van der Waals surface area contributed by atoms with E-state index in [1.54, 1.807) is 0 Å². The summed E-state index contributed by atoms with van der Waals surface area (Å²) in [6.07, 6.45) is 5.86. The van der Waals surface area contributed by atoms with E-state index in [-0.39, 0.29) is 13.4 Å². The summed E-state index contributed by atoms with van der Waals surface area (Å²) >= 11 is 0. The highest BCUT2D eigenvalue weighted by molar-refractivity contribution is 5.59. The Labute approximate surface area is 119 Å². The summed E-state index contributed by atoms with van der Waals surface area (Å²) in [5.74, 6) is 0. The minimum absolute atomic E-state index is 0.113. The molecule has 1 aliphatic rings. The molecule has 1 aliphatic carbocycles. The SMILES string of the molecule is CCCCOC(=O)OCC1(OCOC=O)CCCCC1. The lowest BCUT2D eigenvalue weighted by molar-refractivity contribution is -0.177. The maximum absolute atomic E-state index is 11.4. The van der Waals surface area contributed by atoms with Crippen LogP contribution in [0, 0.1) is 0 Å². The van der Waals surface area contributed by atoms with Crippen molar-refractivity contribution in [3.05, 3.63) is 0 Å². The number of carbonyl (C=O) groups excluding carboxylic acids is 2. The van der Waals surface area contributed by atoms with E-state index in [0.717, 1.165) is 44.9 Å². The minimum Gasteiger partial charge on any atom is -0.441 e. The average Bonchev–Trinajstić information content (AvgIpc) is 2.47. The van der Waals surface area contributed by atoms with Crippen LogP contribution in [0.1, 0.15) is 51.9 Å². The molecule has 0 aromatic carbocycles. The van der Waals surface area contributed by atoms with E-state index in [9.17, 15) is 9.59 Å². The van der Waals surface area contributed by atoms with E-state index in [1.807, 2.05) is 6.92 Å². The molecule has 6 nitrogen and oxygen atoms in total. The zero-order chi connectivity index (χ0) is 14.7. The lowest BCUT2D eigenvalue weighted by atomic mass is 9.85. The van der Waals surface area contributed by atoms with Crippen LogP contribution in [0.5, 0.6) is 0 Å². The van der Waals surface area contributed by atoms with Gasteiger partial charge in [-0.25, -0.2) is 4.79 Å². The third-order valence-electron chi connectivity index (χ3n) is 3.44. The van der Waals surface area contributed by atoms with Gasteiger partial charge in [0.25, 0.3) is 6.47 Å². The first-order valence-electron chi connectivity index (χ1n) is 7.21. The van der Waals surface area contributed by atoms with Crippen molar-refractivity contribution in [1.82, 2.24) is 0 Å². The van der Waals surface area contributed by atoms with Gasteiger partial charge in [0.1, 0.15) is 12.2 Å². The van der Waals surface area contributed by atoms with E-state index in [0.29, 0.717) is 13.1 Å². The van der Waals surface area contributed by atoms with Gasteiger partial charge < -0.3 is 18.9 Å². The molecule has 0 aromatic heterocycles. The molecule has 0 radical (unpaired) electrons. The minimum atomic E-state index is -0.664. The molecule has 116 valence electrons. The van der Waals surface area contributed by atoms with Gasteiger partial charge in [-0.2, -0.15) is 0 Å². The molecule has 0 saturated heterocycles. The Hall–Kier alpha value is -1.30. The molecule has 0 bridgehead atoms. The summed E-state index contributed by atoms with van der Waals surface area (Å²) in [5, 5.41) is 0. The van der Waals surface area contributed by atoms with Crippen molar-refractivity contribution in [1.29, 1.82) is 0 Å². The van der Waals surface area contributed by atoms with Gasteiger partial charge in [-0.1, -0.05) is 32.6 Å². The predicted octanol–water partition coefficient (Wildman–Crippen LogP) is 2.79. The van der Waals surface area contributed by atoms with E-state index >= 15 is 0 Å². The van der Waals surface area contributed by atoms with Crippen LogP contribution in [-0.4, -0.2) is 38.2 Å². The fourth-order valence-electron chi connectivity index (χ4n) is 2.25. The van der Waals surface area contributed by atoms with Crippen molar-refractivity contribution in [2.45, 2.75) is 57.5 Å². The number of ether oxygens (including phenoxy) is 4. The van der Waals surface area contributed by atoms with Gasteiger partial charge >= 0.3 is 6.16 Å². The highest BCUT2D eigenvalue weighted by Gasteiger charge is 2.35. The molecule has 1 saturated carbocycles. The largest absolute Gasteiger partial charge is 0.508 e. The monoisotopic (exact) mass is 288 g/mol. The second kappa shape index (κ2) is 9.58. The zero-order valence-corrected chi connectivity index (χ0v) is 12.1. The summed E-state index contributed by atoms with van der Waals surface area (Å²) in [6.45, 7) is 2.76. The molecule has 0 unspecified atom stereocenters. The lowest BCUT2D eigenvalue weighted by Crippen LogP contribution is -2.41. The topological polar surface area (TPSA) is 71.1 Å². The normalized spacial score (nSPS) is 17.2. The first-order valence-corrected chi connectivity index (χ1v) is 7.21.